The van der Waals surface area contributed by atoms with Crippen LogP contribution in [0.25, 0.3) is 0 Å². The Kier molecular flexibility index (Phi) is 9.90. The van der Waals surface area contributed by atoms with Gasteiger partial charge in [-0.2, -0.15) is 0 Å². The van der Waals surface area contributed by atoms with Crippen molar-refractivity contribution in [1.29, 1.82) is 0 Å². The van der Waals surface area contributed by atoms with Gasteiger partial charge in [-0.1, -0.05) is 30.3 Å². The van der Waals surface area contributed by atoms with E-state index in [1.807, 2.05) is 0 Å². The van der Waals surface area contributed by atoms with Crippen molar-refractivity contribution in [3.63, 3.8) is 0 Å². The zero-order valence-electron chi connectivity index (χ0n) is 18.9. The van der Waals surface area contributed by atoms with Gasteiger partial charge in [0.2, 0.25) is 17.7 Å². The zero-order chi connectivity index (χ0) is 26.0. The topological polar surface area (TPSA) is 217 Å². The molecule has 35 heavy (non-hydrogen) atoms. The van der Waals surface area contributed by atoms with Crippen molar-refractivity contribution in [3.8, 4) is 0 Å². The number of H-pyrrole nitrogens is 1. The van der Waals surface area contributed by atoms with E-state index in [9.17, 15) is 29.1 Å². The van der Waals surface area contributed by atoms with Crippen molar-refractivity contribution in [1.82, 2.24) is 25.9 Å². The van der Waals surface area contributed by atoms with E-state index >= 15 is 0 Å². The molecule has 188 valence electrons. The van der Waals surface area contributed by atoms with Gasteiger partial charge in [-0.05, 0) is 12.5 Å². The molecule has 2 rings (SSSR count). The normalized spacial score (nSPS) is 14.1. The number of nitrogens with two attached hydrogens (primary N) is 1. The van der Waals surface area contributed by atoms with Crippen LogP contribution in [0, 0.1) is 0 Å². The predicted molar refractivity (Wildman–Crippen MR) is 122 cm³/mol. The van der Waals surface area contributed by atoms with E-state index in [2.05, 4.69) is 25.9 Å². The van der Waals surface area contributed by atoms with Crippen molar-refractivity contribution >= 4 is 29.7 Å². The van der Waals surface area contributed by atoms with Gasteiger partial charge < -0.3 is 36.9 Å². The predicted octanol–water partition coefficient (Wildman–Crippen LogP) is -1.44. The average Bonchev–Trinajstić information content (AvgIpc) is 3.31. The van der Waals surface area contributed by atoms with E-state index in [-0.39, 0.29) is 12.8 Å². The van der Waals surface area contributed by atoms with E-state index in [4.69, 9.17) is 10.8 Å². The van der Waals surface area contributed by atoms with Crippen LogP contribution < -0.4 is 21.7 Å². The van der Waals surface area contributed by atoms with Crippen LogP contribution in [0.15, 0.2) is 42.9 Å². The molecule has 1 heterocycles. The van der Waals surface area contributed by atoms with Gasteiger partial charge in [0.15, 0.2) is 0 Å². The molecule has 1 aromatic heterocycles. The monoisotopic (exact) mass is 488 g/mol. The van der Waals surface area contributed by atoms with Crippen LogP contribution >= 0.6 is 0 Å². The maximum atomic E-state index is 13.1. The Hall–Kier alpha value is -4.26. The van der Waals surface area contributed by atoms with E-state index < -0.39 is 60.2 Å². The Bertz CT molecular complexity index is 1030. The summed E-state index contributed by atoms with van der Waals surface area (Å²) in [4.78, 5) is 67.4. The third kappa shape index (κ3) is 8.89. The molecule has 0 aliphatic rings. The number of carbonyl (C=O) groups is 5. The lowest BCUT2D eigenvalue weighted by molar-refractivity contribution is -0.147. The number of hydrogen-bond donors (Lipinski definition) is 7. The van der Waals surface area contributed by atoms with Crippen molar-refractivity contribution in [2.45, 2.75) is 50.4 Å². The summed E-state index contributed by atoms with van der Waals surface area (Å²) in [6.07, 6.45) is 2.02. The molecule has 0 spiro atoms. The number of aromatic nitrogens is 2. The van der Waals surface area contributed by atoms with Gasteiger partial charge in [0.25, 0.3) is 0 Å². The number of nitrogens with zero attached hydrogens (tertiary/aromatic N) is 1. The second-order valence-corrected chi connectivity index (χ2v) is 7.88. The molecule has 8 N–H and O–H groups in total. The summed E-state index contributed by atoms with van der Waals surface area (Å²) < 4.78 is 0. The lowest BCUT2D eigenvalue weighted by atomic mass is 10.0. The van der Waals surface area contributed by atoms with Gasteiger partial charge >= 0.3 is 11.9 Å². The first-order valence-corrected chi connectivity index (χ1v) is 10.7. The Labute approximate surface area is 200 Å². The summed E-state index contributed by atoms with van der Waals surface area (Å²) in [5.74, 6) is -5.17. The number of hydrogen-bond acceptors (Lipinski definition) is 7. The Morgan fingerprint density at radius 2 is 1.49 bits per heavy atom. The molecule has 0 fully saturated rings. The highest BCUT2D eigenvalue weighted by molar-refractivity contribution is 5.94. The number of aromatic amines is 1. The third-order valence-corrected chi connectivity index (χ3v) is 4.93. The van der Waals surface area contributed by atoms with Crippen LogP contribution in [0.5, 0.6) is 0 Å². The highest BCUT2D eigenvalue weighted by atomic mass is 16.4. The van der Waals surface area contributed by atoms with E-state index in [1.54, 1.807) is 30.3 Å². The third-order valence-electron chi connectivity index (χ3n) is 4.93. The summed E-state index contributed by atoms with van der Waals surface area (Å²) in [5, 5.41) is 25.4. The van der Waals surface area contributed by atoms with Gasteiger partial charge in [-0.25, -0.2) is 9.78 Å². The van der Waals surface area contributed by atoms with Crippen molar-refractivity contribution in [2.24, 2.45) is 5.73 Å². The van der Waals surface area contributed by atoms with E-state index in [1.165, 1.54) is 19.4 Å². The van der Waals surface area contributed by atoms with Crippen LogP contribution in [0.4, 0.5) is 0 Å². The van der Waals surface area contributed by atoms with Crippen LogP contribution in [0.3, 0.4) is 0 Å². The Morgan fingerprint density at radius 1 is 0.914 bits per heavy atom. The molecular weight excluding hydrogens is 460 g/mol. The maximum absolute atomic E-state index is 13.1. The van der Waals surface area contributed by atoms with Gasteiger partial charge in [-0.15, -0.1) is 0 Å². The fraction of sp³-hybridized carbons (Fsp3) is 0.364. The molecule has 13 nitrogen and oxygen atoms in total. The summed E-state index contributed by atoms with van der Waals surface area (Å²) in [6, 6.07) is 3.62. The van der Waals surface area contributed by atoms with Gasteiger partial charge in [0.1, 0.15) is 18.1 Å². The molecule has 0 aliphatic heterocycles. The first-order chi connectivity index (χ1) is 16.6. The number of nitrogens with one attached hydrogen (secondary N) is 4. The number of imidazole rings is 1. The number of benzene rings is 1. The lowest BCUT2D eigenvalue weighted by Crippen LogP contribution is -2.58. The largest absolute Gasteiger partial charge is 0.481 e. The van der Waals surface area contributed by atoms with Gasteiger partial charge in [-0.3, -0.25) is 19.2 Å². The molecule has 0 saturated heterocycles. The molecule has 4 atom stereocenters. The molecule has 0 aliphatic carbocycles. The molecule has 13 heteroatoms. The number of carboxylic acids is 2. The quantitative estimate of drug-likeness (QED) is 0.175. The van der Waals surface area contributed by atoms with Gasteiger partial charge in [0.05, 0.1) is 18.8 Å². The number of amides is 3. The number of carboxylic acid groups (broad SMARTS) is 2. The summed E-state index contributed by atoms with van der Waals surface area (Å²) in [6.45, 7) is 1.45. The molecular formula is C22H28N6O7. The van der Waals surface area contributed by atoms with Crippen LogP contribution in [0.2, 0.25) is 0 Å². The second-order valence-electron chi connectivity index (χ2n) is 7.88. The van der Waals surface area contributed by atoms with Crippen molar-refractivity contribution in [3.05, 3.63) is 54.1 Å². The fourth-order valence-electron chi connectivity index (χ4n) is 3.11. The summed E-state index contributed by atoms with van der Waals surface area (Å²) in [5.41, 5.74) is 6.79. The average molecular weight is 489 g/mol. The minimum absolute atomic E-state index is 0.0146. The fourth-order valence-corrected chi connectivity index (χ4v) is 3.11. The molecule has 0 saturated carbocycles. The molecule has 0 radical (unpaired) electrons. The Balaban J connectivity index is 2.26. The number of aliphatic carboxylic acids is 2. The minimum Gasteiger partial charge on any atom is -0.481 e. The molecule has 1 aromatic carbocycles. The molecule has 4 unspecified atom stereocenters. The van der Waals surface area contributed by atoms with Crippen LogP contribution in [0.1, 0.15) is 24.6 Å². The highest BCUT2D eigenvalue weighted by Gasteiger charge is 2.31. The molecule has 3 amide bonds. The molecule has 2 aromatic rings. The lowest BCUT2D eigenvalue weighted by Gasteiger charge is -2.24. The highest BCUT2D eigenvalue weighted by Crippen LogP contribution is 2.07. The van der Waals surface area contributed by atoms with E-state index in [0.29, 0.717) is 11.3 Å². The van der Waals surface area contributed by atoms with Gasteiger partial charge in [0, 0.05) is 24.7 Å². The van der Waals surface area contributed by atoms with Crippen LogP contribution in [-0.2, 0) is 36.8 Å². The maximum Gasteiger partial charge on any atom is 0.326 e. The van der Waals surface area contributed by atoms with Crippen molar-refractivity contribution < 1.29 is 34.2 Å². The summed E-state index contributed by atoms with van der Waals surface area (Å²) >= 11 is 0. The second kappa shape index (κ2) is 12.8. The standard InChI is InChI=1S/C22H28N6O7/c1-12(23)19(31)26-16(8-14-10-24-11-25-14)21(33)27-15(7-13-5-3-2-4-6-13)20(32)28-17(22(34)35)9-18(29)30/h2-6,10-12,15-17H,7-9,23H2,1H3,(H,24,25)(H,26,31)(H,27,33)(H,28,32)(H,29,30)(H,34,35). The van der Waals surface area contributed by atoms with E-state index in [0.717, 1.165) is 0 Å². The number of rotatable bonds is 13. The summed E-state index contributed by atoms with van der Waals surface area (Å²) in [7, 11) is 0. The first-order valence-electron chi connectivity index (χ1n) is 10.7. The first kappa shape index (κ1) is 27.0. The number of carbonyl (C=O) groups excluding carboxylic acids is 3. The Morgan fingerprint density at radius 3 is 2.00 bits per heavy atom. The smallest absolute Gasteiger partial charge is 0.326 e. The minimum atomic E-state index is -1.70. The SMILES string of the molecule is CC(N)C(=O)NC(Cc1cnc[nH]1)C(=O)NC(Cc1ccccc1)C(=O)NC(CC(=O)O)C(=O)O. The zero-order valence-corrected chi connectivity index (χ0v) is 18.9. The van der Waals surface area contributed by atoms with Crippen molar-refractivity contribution in [2.75, 3.05) is 0 Å². The van der Waals surface area contributed by atoms with Crippen LogP contribution in [-0.4, -0.2) is 74.0 Å². The molecule has 0 bridgehead atoms.